The van der Waals surface area contributed by atoms with Gasteiger partial charge in [0.1, 0.15) is 18.3 Å². The average Bonchev–Trinajstić information content (AvgIpc) is 2.96. The van der Waals surface area contributed by atoms with Gasteiger partial charge in [0, 0.05) is 26.1 Å². The molecule has 9 unspecified atom stereocenters. The maximum Gasteiger partial charge on any atom is 0.319 e. The van der Waals surface area contributed by atoms with Gasteiger partial charge in [-0.25, -0.2) is 0 Å². The van der Waals surface area contributed by atoms with E-state index in [9.17, 15) is 4.57 Å². The normalized spacial score (nSPS) is 44.1. The molecule has 8 heteroatoms. The summed E-state index contributed by atoms with van der Waals surface area (Å²) in [4.78, 5) is 0. The quantitative estimate of drug-likeness (QED) is 0.610. The summed E-state index contributed by atoms with van der Waals surface area (Å²) in [6.45, 7) is 8.67. The minimum atomic E-state index is -2.65. The Kier molecular flexibility index (Phi) is 7.68. The van der Waals surface area contributed by atoms with Gasteiger partial charge in [0.05, 0.1) is 31.5 Å². The predicted octanol–water partition coefficient (Wildman–Crippen LogP) is 2.29. The summed E-state index contributed by atoms with van der Waals surface area (Å²) in [5.74, 6) is 0.388. The van der Waals surface area contributed by atoms with Crippen LogP contribution in [0.2, 0.25) is 0 Å². The number of hydrogen-bond donors (Lipinski definition) is 0. The first-order chi connectivity index (χ1) is 11.4. The Balaban J connectivity index is 1.84. The van der Waals surface area contributed by atoms with E-state index in [1.807, 2.05) is 20.8 Å². The van der Waals surface area contributed by atoms with Crippen molar-refractivity contribution >= 4 is 8.25 Å². The van der Waals surface area contributed by atoms with Crippen LogP contribution < -0.4 is 0 Å². The molecule has 2 rings (SSSR count). The Labute approximate surface area is 145 Å². The molecule has 0 radical (unpaired) electrons. The van der Waals surface area contributed by atoms with Crippen molar-refractivity contribution in [2.24, 2.45) is 11.8 Å². The highest BCUT2D eigenvalue weighted by molar-refractivity contribution is 7.33. The molecule has 0 spiro atoms. The van der Waals surface area contributed by atoms with E-state index >= 15 is 0 Å². The van der Waals surface area contributed by atoms with E-state index in [0.717, 1.165) is 0 Å². The van der Waals surface area contributed by atoms with Gasteiger partial charge in [-0.1, -0.05) is 13.8 Å². The molecular formula is C16H31O7P. The summed E-state index contributed by atoms with van der Waals surface area (Å²) in [5.41, 5.74) is 0. The molecule has 2 heterocycles. The molecule has 0 bridgehead atoms. The summed E-state index contributed by atoms with van der Waals surface area (Å²) in [5, 5.41) is 0. The molecule has 0 saturated carbocycles. The second-order valence-corrected chi connectivity index (χ2v) is 7.80. The third kappa shape index (κ3) is 4.58. The molecule has 2 fully saturated rings. The molecule has 7 nitrogen and oxygen atoms in total. The highest BCUT2D eigenvalue weighted by atomic mass is 31.1. The lowest BCUT2D eigenvalue weighted by Gasteiger charge is -2.22. The van der Waals surface area contributed by atoms with Gasteiger partial charge in [0.25, 0.3) is 0 Å². The Morgan fingerprint density at radius 3 is 1.96 bits per heavy atom. The molecule has 0 aromatic rings. The van der Waals surface area contributed by atoms with Crippen LogP contribution in [0.25, 0.3) is 0 Å². The lowest BCUT2D eigenvalue weighted by molar-refractivity contribution is -0.0360. The highest BCUT2D eigenvalue weighted by Crippen LogP contribution is 2.38. The van der Waals surface area contributed by atoms with Crippen LogP contribution in [0, 0.1) is 11.8 Å². The van der Waals surface area contributed by atoms with E-state index in [1.54, 1.807) is 14.2 Å². The molecule has 0 amide bonds. The first-order valence-corrected chi connectivity index (χ1v) is 9.77. The molecule has 0 aromatic carbocycles. The minimum Gasteiger partial charge on any atom is -0.382 e. The third-order valence-electron chi connectivity index (χ3n) is 5.23. The molecule has 24 heavy (non-hydrogen) atoms. The summed E-state index contributed by atoms with van der Waals surface area (Å²) < 4.78 is 45.6. The van der Waals surface area contributed by atoms with Gasteiger partial charge < -0.3 is 28.0 Å². The topological polar surface area (TPSA) is 72.5 Å². The molecule has 2 aliphatic heterocycles. The molecule has 9 atom stereocenters. The summed E-state index contributed by atoms with van der Waals surface area (Å²) in [6.07, 6.45) is -0.711. The first-order valence-electron chi connectivity index (χ1n) is 8.55. The summed E-state index contributed by atoms with van der Waals surface area (Å²) >= 11 is 0. The molecular weight excluding hydrogens is 335 g/mol. The van der Waals surface area contributed by atoms with Crippen LogP contribution in [0.1, 0.15) is 27.7 Å². The van der Waals surface area contributed by atoms with E-state index in [1.165, 1.54) is 0 Å². The maximum absolute atomic E-state index is 12.3. The Hall–Kier alpha value is -0.0100. The van der Waals surface area contributed by atoms with Gasteiger partial charge in [0.2, 0.25) is 0 Å². The Morgan fingerprint density at radius 2 is 1.42 bits per heavy atom. The number of methoxy groups -OCH3 is 2. The number of hydrogen-bond acceptors (Lipinski definition) is 7. The van der Waals surface area contributed by atoms with Crippen LogP contribution in [-0.2, 0) is 32.6 Å². The van der Waals surface area contributed by atoms with E-state index in [2.05, 4.69) is 6.92 Å². The zero-order valence-corrected chi connectivity index (χ0v) is 16.4. The van der Waals surface area contributed by atoms with Crippen LogP contribution in [0.5, 0.6) is 0 Å². The lowest BCUT2D eigenvalue weighted by atomic mass is 9.99. The fourth-order valence-corrected chi connectivity index (χ4v) is 4.40. The van der Waals surface area contributed by atoms with Crippen LogP contribution in [-0.4, -0.2) is 64.1 Å². The van der Waals surface area contributed by atoms with E-state index in [-0.39, 0.29) is 55.1 Å². The van der Waals surface area contributed by atoms with Crippen molar-refractivity contribution in [2.45, 2.75) is 64.3 Å². The first kappa shape index (κ1) is 20.3. The number of rotatable bonds is 8. The lowest BCUT2D eigenvalue weighted by Crippen LogP contribution is -2.32. The largest absolute Gasteiger partial charge is 0.382 e. The molecule has 0 aromatic heterocycles. The maximum atomic E-state index is 12.3. The molecule has 0 N–H and O–H groups in total. The van der Waals surface area contributed by atoms with Crippen LogP contribution in [0.4, 0.5) is 0 Å². The van der Waals surface area contributed by atoms with Crippen molar-refractivity contribution in [1.29, 1.82) is 0 Å². The van der Waals surface area contributed by atoms with Crippen LogP contribution in [0.15, 0.2) is 0 Å². The van der Waals surface area contributed by atoms with Crippen molar-refractivity contribution < 1.29 is 32.6 Å². The van der Waals surface area contributed by atoms with Crippen molar-refractivity contribution in [3.8, 4) is 0 Å². The molecule has 2 saturated heterocycles. The Morgan fingerprint density at radius 1 is 0.875 bits per heavy atom. The van der Waals surface area contributed by atoms with E-state index in [0.29, 0.717) is 6.61 Å². The standard InChI is InChI=1S/C16H31O7P/c1-9-11(3)22-14(15(9)19-6)8-20-24(17)23-16-10(2)12(4)21-13(16)7-18-5/h9-16,24H,7-8H2,1-6H3. The van der Waals surface area contributed by atoms with Gasteiger partial charge in [-0.2, -0.15) is 0 Å². The predicted molar refractivity (Wildman–Crippen MR) is 89.5 cm³/mol. The monoisotopic (exact) mass is 366 g/mol. The van der Waals surface area contributed by atoms with Crippen LogP contribution >= 0.6 is 8.25 Å². The van der Waals surface area contributed by atoms with Crippen molar-refractivity contribution in [1.82, 2.24) is 0 Å². The third-order valence-corrected chi connectivity index (χ3v) is 6.10. The smallest absolute Gasteiger partial charge is 0.319 e. The molecule has 142 valence electrons. The van der Waals surface area contributed by atoms with Gasteiger partial charge >= 0.3 is 8.25 Å². The Bertz CT molecular complexity index is 421. The van der Waals surface area contributed by atoms with Crippen molar-refractivity contribution in [3.63, 3.8) is 0 Å². The second-order valence-electron chi connectivity index (χ2n) is 6.78. The summed E-state index contributed by atoms with van der Waals surface area (Å²) in [6, 6.07) is 0. The summed E-state index contributed by atoms with van der Waals surface area (Å²) in [7, 11) is 0.613. The van der Waals surface area contributed by atoms with Gasteiger partial charge in [-0.3, -0.25) is 4.57 Å². The fraction of sp³-hybridized carbons (Fsp3) is 1.00. The average molecular weight is 366 g/mol. The zero-order chi connectivity index (χ0) is 17.9. The van der Waals surface area contributed by atoms with Gasteiger partial charge in [-0.05, 0) is 13.8 Å². The van der Waals surface area contributed by atoms with E-state index < -0.39 is 8.25 Å². The van der Waals surface area contributed by atoms with E-state index in [4.69, 9.17) is 28.0 Å². The molecule has 0 aliphatic carbocycles. The van der Waals surface area contributed by atoms with Crippen molar-refractivity contribution in [2.75, 3.05) is 27.4 Å². The SMILES string of the molecule is COCC1OC(C)C(C)C1O[PH](=O)OCC1OC(C)C(C)C1OC. The van der Waals surface area contributed by atoms with Gasteiger partial charge in [-0.15, -0.1) is 0 Å². The fourth-order valence-electron chi connectivity index (χ4n) is 3.44. The molecule has 2 aliphatic rings. The minimum absolute atomic E-state index is 0.0303. The van der Waals surface area contributed by atoms with Crippen LogP contribution in [0.3, 0.4) is 0 Å². The number of ether oxygens (including phenoxy) is 4. The zero-order valence-electron chi connectivity index (χ0n) is 15.4. The highest BCUT2D eigenvalue weighted by Gasteiger charge is 2.43. The second kappa shape index (κ2) is 9.08. The van der Waals surface area contributed by atoms with Crippen molar-refractivity contribution in [3.05, 3.63) is 0 Å². The van der Waals surface area contributed by atoms with Gasteiger partial charge in [0.15, 0.2) is 0 Å².